The Labute approximate surface area is 198 Å². The molecule has 0 N–H and O–H groups in total. The second kappa shape index (κ2) is 9.44. The Bertz CT molecular complexity index is 1360. The van der Waals surface area contributed by atoms with Gasteiger partial charge in [0.2, 0.25) is 0 Å². The molecule has 0 aliphatic rings. The van der Waals surface area contributed by atoms with E-state index in [1.54, 1.807) is 48.5 Å². The summed E-state index contributed by atoms with van der Waals surface area (Å²) in [6, 6.07) is 21.6. The predicted octanol–water partition coefficient (Wildman–Crippen LogP) is 5.91. The summed E-state index contributed by atoms with van der Waals surface area (Å²) in [6.07, 6.45) is 1.000. The number of carbonyl (C=O) groups excluding carboxylic acids is 1. The minimum absolute atomic E-state index is 0.0824. The molecule has 0 aliphatic heterocycles. The first-order valence-corrected chi connectivity index (χ1v) is 13.5. The molecule has 32 heavy (non-hydrogen) atoms. The van der Waals surface area contributed by atoms with Crippen LogP contribution in [0.1, 0.15) is 15.9 Å². The third-order valence-corrected chi connectivity index (χ3v) is 6.69. The monoisotopic (exact) mass is 530 g/mol. The van der Waals surface area contributed by atoms with Crippen LogP contribution in [0.4, 0.5) is 0 Å². The van der Waals surface area contributed by atoms with Crippen LogP contribution in [0.5, 0.6) is 11.5 Å². The van der Waals surface area contributed by atoms with Crippen molar-refractivity contribution in [2.75, 3.05) is 18.2 Å². The second-order valence-corrected chi connectivity index (χ2v) is 10.4. The van der Waals surface area contributed by atoms with E-state index in [4.69, 9.17) is 8.92 Å². The summed E-state index contributed by atoms with van der Waals surface area (Å²) in [7, 11) is -3.61. The summed E-state index contributed by atoms with van der Waals surface area (Å²) >= 11 is 4.85. The Morgan fingerprint density at radius 2 is 1.59 bits per heavy atom. The number of halogens is 1. The van der Waals surface area contributed by atoms with Crippen LogP contribution in [0.2, 0.25) is 0 Å². The molecule has 0 fully saturated rings. The summed E-state index contributed by atoms with van der Waals surface area (Å²) in [5.74, 6) is 0.850. The maximum absolute atomic E-state index is 13.5. The quantitative estimate of drug-likeness (QED) is 0.161. The zero-order valence-electron chi connectivity index (χ0n) is 17.1. The zero-order valence-corrected chi connectivity index (χ0v) is 20.3. The first-order valence-electron chi connectivity index (χ1n) is 9.70. The van der Waals surface area contributed by atoms with E-state index in [1.807, 2.05) is 24.3 Å². The Morgan fingerprint density at radius 1 is 0.938 bits per heavy atom. The predicted molar refractivity (Wildman–Crippen MR) is 132 cm³/mol. The van der Waals surface area contributed by atoms with Gasteiger partial charge in [0.15, 0.2) is 5.78 Å². The van der Waals surface area contributed by atoms with E-state index in [0.29, 0.717) is 23.5 Å². The van der Waals surface area contributed by atoms with Gasteiger partial charge in [-0.05, 0) is 60.2 Å². The lowest BCUT2D eigenvalue weighted by atomic mass is 9.97. The third kappa shape index (κ3) is 5.03. The summed E-state index contributed by atoms with van der Waals surface area (Å²) in [6.45, 7) is 0.547. The third-order valence-electron chi connectivity index (χ3n) is 4.65. The van der Waals surface area contributed by atoms with E-state index >= 15 is 0 Å². The molecule has 3 aromatic carbocycles. The van der Waals surface area contributed by atoms with Crippen LogP contribution in [-0.4, -0.2) is 32.4 Å². The molecule has 4 aromatic rings. The van der Waals surface area contributed by atoms with E-state index in [1.165, 1.54) is 11.3 Å². The summed E-state index contributed by atoms with van der Waals surface area (Å²) in [4.78, 5) is 14.4. The van der Waals surface area contributed by atoms with Gasteiger partial charge in [-0.3, -0.25) is 4.79 Å². The van der Waals surface area contributed by atoms with Crippen LogP contribution in [0, 0.1) is 0 Å². The number of ether oxygens (including phenoxy) is 1. The Morgan fingerprint density at radius 3 is 2.25 bits per heavy atom. The zero-order chi connectivity index (χ0) is 22.7. The van der Waals surface area contributed by atoms with Crippen LogP contribution in [-0.2, 0) is 10.1 Å². The maximum Gasteiger partial charge on any atom is 0.306 e. The number of alkyl halides is 1. The molecular weight excluding hydrogens is 512 g/mol. The molecule has 0 saturated heterocycles. The van der Waals surface area contributed by atoms with Crippen molar-refractivity contribution in [3.63, 3.8) is 0 Å². The second-order valence-electron chi connectivity index (χ2n) is 7.01. The molecule has 1 aromatic heterocycles. The first kappa shape index (κ1) is 22.5. The van der Waals surface area contributed by atoms with Gasteiger partial charge in [0.05, 0.1) is 12.9 Å². The number of hydrogen-bond donors (Lipinski definition) is 0. The van der Waals surface area contributed by atoms with E-state index in [0.717, 1.165) is 32.1 Å². The summed E-state index contributed by atoms with van der Waals surface area (Å²) < 4.78 is 34.3. The molecule has 0 bridgehead atoms. The van der Waals surface area contributed by atoms with Gasteiger partial charge < -0.3 is 8.92 Å². The fourth-order valence-electron chi connectivity index (χ4n) is 3.31. The van der Waals surface area contributed by atoms with Gasteiger partial charge >= 0.3 is 10.1 Å². The van der Waals surface area contributed by atoms with Gasteiger partial charge in [-0.2, -0.15) is 8.42 Å². The van der Waals surface area contributed by atoms with Crippen LogP contribution >= 0.6 is 27.3 Å². The normalized spacial score (nSPS) is 11.4. The Hall–Kier alpha value is -2.68. The number of fused-ring (bicyclic) bond motifs is 1. The van der Waals surface area contributed by atoms with Crippen molar-refractivity contribution < 1.29 is 22.1 Å². The number of benzene rings is 3. The smallest absolute Gasteiger partial charge is 0.306 e. The molecule has 164 valence electrons. The molecule has 0 atom stereocenters. The highest BCUT2D eigenvalue weighted by molar-refractivity contribution is 9.09. The van der Waals surface area contributed by atoms with Crippen molar-refractivity contribution in [1.29, 1.82) is 0 Å². The average molecular weight is 531 g/mol. The lowest BCUT2D eigenvalue weighted by molar-refractivity contribution is 0.104. The lowest BCUT2D eigenvalue weighted by Crippen LogP contribution is -2.05. The fourth-order valence-corrected chi connectivity index (χ4v) is 5.14. The highest BCUT2D eigenvalue weighted by Crippen LogP contribution is 2.40. The van der Waals surface area contributed by atoms with Crippen molar-refractivity contribution in [2.24, 2.45) is 0 Å². The molecular formula is C24H19BrO5S2. The van der Waals surface area contributed by atoms with E-state index in [-0.39, 0.29) is 11.5 Å². The number of ketones is 1. The number of rotatable bonds is 8. The van der Waals surface area contributed by atoms with Crippen LogP contribution in [0.3, 0.4) is 0 Å². The molecule has 4 rings (SSSR count). The van der Waals surface area contributed by atoms with E-state index in [2.05, 4.69) is 15.9 Å². The van der Waals surface area contributed by atoms with Crippen LogP contribution in [0.15, 0.2) is 72.8 Å². The fraction of sp³-hybridized carbons (Fsp3) is 0.125. The van der Waals surface area contributed by atoms with Crippen molar-refractivity contribution >= 4 is 53.3 Å². The number of hydrogen-bond acceptors (Lipinski definition) is 6. The molecule has 1 heterocycles. The topological polar surface area (TPSA) is 69.7 Å². The molecule has 8 heteroatoms. The molecule has 0 amide bonds. The molecule has 0 spiro atoms. The first-order chi connectivity index (χ1) is 15.4. The van der Waals surface area contributed by atoms with Gasteiger partial charge in [-0.1, -0.05) is 34.1 Å². The molecule has 5 nitrogen and oxygen atoms in total. The van der Waals surface area contributed by atoms with Crippen molar-refractivity contribution in [1.82, 2.24) is 0 Å². The highest BCUT2D eigenvalue weighted by Gasteiger charge is 2.21. The minimum atomic E-state index is -3.61. The minimum Gasteiger partial charge on any atom is -0.493 e. The number of carbonyl (C=O) groups is 1. The van der Waals surface area contributed by atoms with Crippen molar-refractivity contribution in [3.05, 3.63) is 83.9 Å². The van der Waals surface area contributed by atoms with Gasteiger partial charge in [-0.15, -0.1) is 11.3 Å². The molecule has 0 radical (unpaired) electrons. The SMILES string of the molecule is CS(=O)(=O)Oc1ccc(-c2sc3ccccc3c2C(=O)c2ccc(OCCBr)cc2)cc1. The molecule has 0 saturated carbocycles. The van der Waals surface area contributed by atoms with E-state index in [9.17, 15) is 13.2 Å². The van der Waals surface area contributed by atoms with Gasteiger partial charge in [0, 0.05) is 31.4 Å². The van der Waals surface area contributed by atoms with Gasteiger partial charge in [-0.25, -0.2) is 0 Å². The molecule has 0 unspecified atom stereocenters. The Kier molecular flexibility index (Phi) is 6.64. The maximum atomic E-state index is 13.5. The average Bonchev–Trinajstić information content (AvgIpc) is 3.16. The molecule has 0 aliphatic carbocycles. The van der Waals surface area contributed by atoms with Crippen LogP contribution in [0.25, 0.3) is 20.5 Å². The highest BCUT2D eigenvalue weighted by atomic mass is 79.9. The number of thiophene rings is 1. The summed E-state index contributed by atoms with van der Waals surface area (Å²) in [5, 5.41) is 1.61. The lowest BCUT2D eigenvalue weighted by Gasteiger charge is -2.08. The van der Waals surface area contributed by atoms with E-state index < -0.39 is 10.1 Å². The van der Waals surface area contributed by atoms with Crippen LogP contribution < -0.4 is 8.92 Å². The standard InChI is InChI=1S/C24H19BrO5S2/c1-32(27,28)30-19-12-8-17(9-13-19)24-22(20-4-2-3-5-21(20)31-24)23(26)16-6-10-18(11-7-16)29-15-14-25/h2-13H,14-15H2,1H3. The largest absolute Gasteiger partial charge is 0.493 e. The summed E-state index contributed by atoms with van der Waals surface area (Å²) in [5.41, 5.74) is 2.00. The van der Waals surface area contributed by atoms with Crippen molar-refractivity contribution in [3.8, 4) is 21.9 Å². The van der Waals surface area contributed by atoms with Gasteiger partial charge in [0.25, 0.3) is 0 Å². The van der Waals surface area contributed by atoms with Crippen molar-refractivity contribution in [2.45, 2.75) is 0 Å². The Balaban J connectivity index is 1.74. The van der Waals surface area contributed by atoms with Gasteiger partial charge in [0.1, 0.15) is 11.5 Å².